The topological polar surface area (TPSA) is 72.2 Å². The number of benzene rings is 1. The van der Waals surface area contributed by atoms with E-state index in [9.17, 15) is 9.59 Å². The molecule has 1 unspecified atom stereocenters. The minimum absolute atomic E-state index is 0.000700. The van der Waals surface area contributed by atoms with Crippen LogP contribution in [0.25, 0.3) is 0 Å². The second-order valence-electron chi connectivity index (χ2n) is 4.83. The molecule has 0 fully saturated rings. The summed E-state index contributed by atoms with van der Waals surface area (Å²) in [4.78, 5) is 23.8. The van der Waals surface area contributed by atoms with E-state index in [1.165, 1.54) is 0 Å². The molecule has 19 heavy (non-hydrogen) atoms. The van der Waals surface area contributed by atoms with E-state index >= 15 is 0 Å². The highest BCUT2D eigenvalue weighted by Gasteiger charge is 2.19. The van der Waals surface area contributed by atoms with Gasteiger partial charge in [0.15, 0.2) is 5.78 Å². The van der Waals surface area contributed by atoms with Crippen LogP contribution in [0.3, 0.4) is 0 Å². The fraction of sp³-hybridized carbons (Fsp3) is 0.429. The summed E-state index contributed by atoms with van der Waals surface area (Å²) in [7, 11) is 0. The van der Waals surface area contributed by atoms with Gasteiger partial charge in [0.25, 0.3) is 5.91 Å². The summed E-state index contributed by atoms with van der Waals surface area (Å²) in [5, 5.41) is 3.12. The molecule has 0 aliphatic heterocycles. The molecule has 0 aliphatic rings. The van der Waals surface area contributed by atoms with E-state index in [0.717, 1.165) is 0 Å². The van der Waals surface area contributed by atoms with E-state index < -0.39 is 6.04 Å². The molecule has 0 aromatic heterocycles. The number of hydrogen-bond donors (Lipinski definition) is 2. The number of nitrogens with two attached hydrogens (primary N) is 1. The third kappa shape index (κ3) is 4.33. The quantitative estimate of drug-likeness (QED) is 0.867. The lowest BCUT2D eigenvalue weighted by Gasteiger charge is -2.14. The zero-order valence-electron chi connectivity index (χ0n) is 11.4. The molecular weight excluding hydrogens is 264 g/mol. The average Bonchev–Trinajstić information content (AvgIpc) is 2.27. The molecule has 104 valence electrons. The highest BCUT2D eigenvalue weighted by atomic mass is 35.5. The van der Waals surface area contributed by atoms with Gasteiger partial charge in [0.1, 0.15) is 0 Å². The van der Waals surface area contributed by atoms with Crippen molar-refractivity contribution in [2.45, 2.75) is 39.3 Å². The molecule has 0 heterocycles. The number of rotatable bonds is 5. The predicted octanol–water partition coefficient (Wildman–Crippen LogP) is 1.94. The molecule has 5 heteroatoms. The first-order valence-electron chi connectivity index (χ1n) is 6.19. The molecule has 4 nitrogen and oxygen atoms in total. The Hall–Kier alpha value is -1.39. The third-order valence-corrected chi connectivity index (χ3v) is 2.93. The summed E-state index contributed by atoms with van der Waals surface area (Å²) in [6.07, 6.45) is 0.110. The maximum atomic E-state index is 12.1. The minimum Gasteiger partial charge on any atom is -0.350 e. The molecule has 0 spiro atoms. The number of carbonyl (C=O) groups excluding carboxylic acids is 2. The number of hydrogen-bond acceptors (Lipinski definition) is 3. The number of halogens is 1. The first kappa shape index (κ1) is 15.7. The Balaban J connectivity index is 3.08. The van der Waals surface area contributed by atoms with Crippen LogP contribution in [0.5, 0.6) is 0 Å². The summed E-state index contributed by atoms with van der Waals surface area (Å²) in [6.45, 7) is 5.35. The first-order chi connectivity index (χ1) is 8.82. The highest BCUT2D eigenvalue weighted by molar-refractivity contribution is 6.34. The molecule has 3 N–H and O–H groups in total. The Bertz CT molecular complexity index is 484. The van der Waals surface area contributed by atoms with Crippen LogP contribution in [-0.4, -0.2) is 23.8 Å². The second kappa shape index (κ2) is 6.68. The van der Waals surface area contributed by atoms with Crippen molar-refractivity contribution in [3.8, 4) is 0 Å². The Morgan fingerprint density at radius 1 is 1.32 bits per heavy atom. The molecule has 0 radical (unpaired) electrons. The maximum absolute atomic E-state index is 12.1. The molecule has 0 saturated carbocycles. The van der Waals surface area contributed by atoms with Gasteiger partial charge in [-0.3, -0.25) is 9.59 Å². The predicted molar refractivity (Wildman–Crippen MR) is 76.4 cm³/mol. The van der Waals surface area contributed by atoms with Gasteiger partial charge in [0.2, 0.25) is 0 Å². The largest absolute Gasteiger partial charge is 0.350 e. The highest BCUT2D eigenvalue weighted by Crippen LogP contribution is 2.21. The van der Waals surface area contributed by atoms with Crippen LogP contribution < -0.4 is 11.1 Å². The van der Waals surface area contributed by atoms with Gasteiger partial charge in [-0.25, -0.2) is 0 Å². The van der Waals surface area contributed by atoms with Gasteiger partial charge in [0.05, 0.1) is 16.6 Å². The number of ketones is 1. The monoisotopic (exact) mass is 282 g/mol. The third-order valence-electron chi connectivity index (χ3n) is 2.62. The summed E-state index contributed by atoms with van der Waals surface area (Å²) < 4.78 is 0. The smallest absolute Gasteiger partial charge is 0.253 e. The van der Waals surface area contributed by atoms with Gasteiger partial charge < -0.3 is 11.1 Å². The van der Waals surface area contributed by atoms with Gasteiger partial charge in [-0.15, -0.1) is 0 Å². The van der Waals surface area contributed by atoms with Crippen LogP contribution >= 0.6 is 11.6 Å². The van der Waals surface area contributed by atoms with Crippen molar-refractivity contribution in [1.82, 2.24) is 5.32 Å². The van der Waals surface area contributed by atoms with E-state index in [2.05, 4.69) is 5.32 Å². The molecule has 1 aromatic carbocycles. The van der Waals surface area contributed by atoms with Crippen molar-refractivity contribution in [1.29, 1.82) is 0 Å². The van der Waals surface area contributed by atoms with Crippen LogP contribution in [0.2, 0.25) is 5.02 Å². The standard InChI is InChI=1S/C14H19ClN2O2/c1-8(2)17-14(19)13-10(5-4-6-11(13)15)7-12(18)9(3)16/h4-6,8-9H,7,16H2,1-3H3,(H,17,19). The zero-order chi connectivity index (χ0) is 14.6. The van der Waals surface area contributed by atoms with Crippen LogP contribution in [0, 0.1) is 0 Å². The Morgan fingerprint density at radius 2 is 1.95 bits per heavy atom. The lowest BCUT2D eigenvalue weighted by atomic mass is 9.99. The lowest BCUT2D eigenvalue weighted by molar-refractivity contribution is -0.119. The van der Waals surface area contributed by atoms with Gasteiger partial charge in [-0.2, -0.15) is 0 Å². The lowest BCUT2D eigenvalue weighted by Crippen LogP contribution is -2.32. The molecule has 1 rings (SSSR count). The van der Waals surface area contributed by atoms with E-state index in [-0.39, 0.29) is 24.2 Å². The second-order valence-corrected chi connectivity index (χ2v) is 5.24. The Morgan fingerprint density at radius 3 is 2.47 bits per heavy atom. The fourth-order valence-corrected chi connectivity index (χ4v) is 1.93. The maximum Gasteiger partial charge on any atom is 0.253 e. The van der Waals surface area contributed by atoms with Crippen molar-refractivity contribution in [2.24, 2.45) is 5.73 Å². The van der Waals surface area contributed by atoms with Crippen molar-refractivity contribution >= 4 is 23.3 Å². The van der Waals surface area contributed by atoms with E-state index in [1.54, 1.807) is 25.1 Å². The number of nitrogens with one attached hydrogen (secondary N) is 1. The minimum atomic E-state index is -0.556. The van der Waals surface area contributed by atoms with E-state index in [0.29, 0.717) is 16.1 Å². The summed E-state index contributed by atoms with van der Waals surface area (Å²) in [6, 6.07) is 4.52. The van der Waals surface area contributed by atoms with Crippen LogP contribution in [-0.2, 0) is 11.2 Å². The number of Topliss-reactive ketones (excluding diaryl/α,β-unsaturated/α-hetero) is 1. The van der Waals surface area contributed by atoms with Crippen molar-refractivity contribution < 1.29 is 9.59 Å². The van der Waals surface area contributed by atoms with Crippen molar-refractivity contribution in [3.05, 3.63) is 34.3 Å². The Kier molecular flexibility index (Phi) is 5.51. The summed E-state index contributed by atoms with van der Waals surface area (Å²) >= 11 is 6.07. The van der Waals surface area contributed by atoms with Gasteiger partial charge in [0, 0.05) is 12.5 Å². The SMILES string of the molecule is CC(C)NC(=O)c1c(Cl)cccc1CC(=O)C(C)N. The van der Waals surface area contributed by atoms with Crippen LogP contribution in [0.1, 0.15) is 36.7 Å². The number of carbonyl (C=O) groups is 2. The zero-order valence-corrected chi connectivity index (χ0v) is 12.1. The first-order valence-corrected chi connectivity index (χ1v) is 6.57. The van der Waals surface area contributed by atoms with E-state index in [4.69, 9.17) is 17.3 Å². The molecule has 1 amide bonds. The van der Waals surface area contributed by atoms with Crippen molar-refractivity contribution in [2.75, 3.05) is 0 Å². The van der Waals surface area contributed by atoms with Crippen LogP contribution in [0.4, 0.5) is 0 Å². The normalized spacial score (nSPS) is 12.3. The molecule has 0 aliphatic carbocycles. The number of amides is 1. The van der Waals surface area contributed by atoms with Gasteiger partial charge in [-0.05, 0) is 32.4 Å². The Labute approximate surface area is 118 Å². The van der Waals surface area contributed by atoms with Gasteiger partial charge in [-0.1, -0.05) is 23.7 Å². The molecule has 0 saturated heterocycles. The van der Waals surface area contributed by atoms with Crippen molar-refractivity contribution in [3.63, 3.8) is 0 Å². The molecule has 1 aromatic rings. The summed E-state index contributed by atoms with van der Waals surface area (Å²) in [5.41, 5.74) is 6.50. The fourth-order valence-electron chi connectivity index (χ4n) is 1.65. The van der Waals surface area contributed by atoms with E-state index in [1.807, 2.05) is 13.8 Å². The molecule has 0 bridgehead atoms. The van der Waals surface area contributed by atoms with Crippen LogP contribution in [0.15, 0.2) is 18.2 Å². The average molecular weight is 283 g/mol. The molecule has 1 atom stereocenters. The summed E-state index contributed by atoms with van der Waals surface area (Å²) in [5.74, 6) is -0.395. The van der Waals surface area contributed by atoms with Gasteiger partial charge >= 0.3 is 0 Å². The molecular formula is C14H19ClN2O2.